The first-order chi connectivity index (χ1) is 6.57. The summed E-state index contributed by atoms with van der Waals surface area (Å²) in [5.41, 5.74) is 0. The average molecular weight is 219 g/mol. The van der Waals surface area contributed by atoms with E-state index in [1.807, 2.05) is 0 Å². The van der Waals surface area contributed by atoms with Crippen molar-refractivity contribution in [1.82, 2.24) is 15.5 Å². The van der Waals surface area contributed by atoms with E-state index in [1.54, 1.807) is 14.1 Å². The van der Waals surface area contributed by atoms with Crippen LogP contribution >= 0.6 is 12.6 Å². The Bertz CT molecular complexity index is 197. The number of urea groups is 1. The van der Waals surface area contributed by atoms with Crippen LogP contribution in [-0.4, -0.2) is 49.8 Å². The van der Waals surface area contributed by atoms with E-state index in [1.165, 1.54) is 4.90 Å². The minimum absolute atomic E-state index is 0.0425. The molecule has 0 bridgehead atoms. The molecule has 0 aromatic heterocycles. The van der Waals surface area contributed by atoms with E-state index in [0.717, 1.165) is 0 Å². The van der Waals surface area contributed by atoms with Crippen molar-refractivity contribution >= 4 is 24.6 Å². The lowest BCUT2D eigenvalue weighted by Crippen LogP contribution is -2.39. The van der Waals surface area contributed by atoms with Gasteiger partial charge >= 0.3 is 6.03 Å². The van der Waals surface area contributed by atoms with Gasteiger partial charge in [0.05, 0.1) is 0 Å². The Balaban J connectivity index is 3.38. The molecule has 0 atom stereocenters. The molecular formula is C8H17N3O2S. The molecule has 0 aliphatic heterocycles. The lowest BCUT2D eigenvalue weighted by atomic mass is 10.4. The Morgan fingerprint density at radius 3 is 2.29 bits per heavy atom. The van der Waals surface area contributed by atoms with Crippen molar-refractivity contribution in [2.45, 2.75) is 6.42 Å². The minimum atomic E-state index is -0.159. The molecule has 0 saturated carbocycles. The standard InChI is InChI=1S/C8H17N3O2S/c1-11(2)8(13)10-5-4-9-7(12)3-6-14/h14H,3-6H2,1-2H3,(H,9,12)(H,10,13). The van der Waals surface area contributed by atoms with Gasteiger partial charge in [-0.3, -0.25) is 4.79 Å². The lowest BCUT2D eigenvalue weighted by Gasteiger charge is -2.11. The molecule has 6 heteroatoms. The highest BCUT2D eigenvalue weighted by Crippen LogP contribution is 1.82. The van der Waals surface area contributed by atoms with E-state index in [9.17, 15) is 9.59 Å². The minimum Gasteiger partial charge on any atom is -0.354 e. The van der Waals surface area contributed by atoms with Crippen molar-refractivity contribution in [2.24, 2.45) is 0 Å². The Morgan fingerprint density at radius 2 is 1.79 bits per heavy atom. The summed E-state index contributed by atoms with van der Waals surface area (Å²) in [5.74, 6) is 0.495. The van der Waals surface area contributed by atoms with Crippen molar-refractivity contribution in [3.05, 3.63) is 0 Å². The van der Waals surface area contributed by atoms with Crippen LogP contribution in [0.4, 0.5) is 4.79 Å². The third-order valence-electron chi connectivity index (χ3n) is 1.47. The van der Waals surface area contributed by atoms with Crippen LogP contribution in [0.25, 0.3) is 0 Å². The highest BCUT2D eigenvalue weighted by Gasteiger charge is 2.02. The van der Waals surface area contributed by atoms with Gasteiger partial charge in [0.1, 0.15) is 0 Å². The fourth-order valence-corrected chi connectivity index (χ4v) is 0.922. The molecule has 0 unspecified atom stereocenters. The van der Waals surface area contributed by atoms with Crippen molar-refractivity contribution < 1.29 is 9.59 Å². The summed E-state index contributed by atoms with van der Waals surface area (Å²) in [6.07, 6.45) is 0.407. The summed E-state index contributed by atoms with van der Waals surface area (Å²) in [5, 5.41) is 5.29. The van der Waals surface area contributed by atoms with Crippen LogP contribution in [0.5, 0.6) is 0 Å². The van der Waals surface area contributed by atoms with E-state index in [0.29, 0.717) is 25.3 Å². The van der Waals surface area contributed by atoms with Crippen molar-refractivity contribution in [1.29, 1.82) is 0 Å². The molecule has 0 aliphatic carbocycles. The Kier molecular flexibility index (Phi) is 7.00. The number of hydrogen-bond acceptors (Lipinski definition) is 3. The molecule has 2 N–H and O–H groups in total. The van der Waals surface area contributed by atoms with Gasteiger partial charge in [-0.05, 0) is 5.75 Å². The van der Waals surface area contributed by atoms with E-state index >= 15 is 0 Å². The number of nitrogens with one attached hydrogen (secondary N) is 2. The summed E-state index contributed by atoms with van der Waals surface area (Å²) in [6, 6.07) is -0.159. The molecule has 0 aromatic rings. The monoisotopic (exact) mass is 219 g/mol. The van der Waals surface area contributed by atoms with Crippen LogP contribution in [0.3, 0.4) is 0 Å². The molecule has 0 aliphatic rings. The summed E-state index contributed by atoms with van der Waals surface area (Å²) in [7, 11) is 3.32. The predicted molar refractivity (Wildman–Crippen MR) is 58.6 cm³/mol. The van der Waals surface area contributed by atoms with Crippen molar-refractivity contribution in [3.63, 3.8) is 0 Å². The van der Waals surface area contributed by atoms with E-state index < -0.39 is 0 Å². The number of thiol groups is 1. The number of carbonyl (C=O) groups is 2. The summed E-state index contributed by atoms with van der Waals surface area (Å²) >= 11 is 3.93. The molecule has 0 radical (unpaired) electrons. The van der Waals surface area contributed by atoms with Gasteiger partial charge in [-0.25, -0.2) is 4.79 Å². The van der Waals surface area contributed by atoms with Crippen LogP contribution < -0.4 is 10.6 Å². The zero-order valence-corrected chi connectivity index (χ0v) is 9.43. The van der Waals surface area contributed by atoms with E-state index in [4.69, 9.17) is 0 Å². The molecule has 0 aromatic carbocycles. The maximum absolute atomic E-state index is 11.0. The van der Waals surface area contributed by atoms with E-state index in [-0.39, 0.29) is 11.9 Å². The largest absolute Gasteiger partial charge is 0.354 e. The first kappa shape index (κ1) is 13.1. The molecule has 0 fully saturated rings. The molecule has 0 saturated heterocycles. The third kappa shape index (κ3) is 6.59. The maximum Gasteiger partial charge on any atom is 0.316 e. The first-order valence-corrected chi connectivity index (χ1v) is 5.04. The van der Waals surface area contributed by atoms with Crippen LogP contribution in [0.2, 0.25) is 0 Å². The second-order valence-electron chi connectivity index (χ2n) is 2.95. The highest BCUT2D eigenvalue weighted by molar-refractivity contribution is 7.80. The van der Waals surface area contributed by atoms with Gasteiger partial charge in [-0.1, -0.05) is 0 Å². The van der Waals surface area contributed by atoms with Crippen LogP contribution in [0, 0.1) is 0 Å². The quantitative estimate of drug-likeness (QED) is 0.439. The van der Waals surface area contributed by atoms with Crippen LogP contribution in [0.1, 0.15) is 6.42 Å². The fourth-order valence-electron chi connectivity index (χ4n) is 0.719. The molecule has 0 heterocycles. The van der Waals surface area contributed by atoms with Crippen LogP contribution in [-0.2, 0) is 4.79 Å². The number of hydrogen-bond donors (Lipinski definition) is 3. The van der Waals surface area contributed by atoms with E-state index in [2.05, 4.69) is 23.3 Å². The topological polar surface area (TPSA) is 61.4 Å². The molecule has 0 spiro atoms. The van der Waals surface area contributed by atoms with Gasteiger partial charge in [0, 0.05) is 33.6 Å². The number of amides is 3. The normalized spacial score (nSPS) is 9.36. The summed E-state index contributed by atoms with van der Waals surface area (Å²) in [6.45, 7) is 0.890. The zero-order valence-electron chi connectivity index (χ0n) is 8.54. The number of rotatable bonds is 5. The maximum atomic E-state index is 11.0. The molecule has 0 rings (SSSR count). The fraction of sp³-hybridized carbons (Fsp3) is 0.750. The first-order valence-electron chi connectivity index (χ1n) is 4.40. The highest BCUT2D eigenvalue weighted by atomic mass is 32.1. The van der Waals surface area contributed by atoms with Gasteiger partial charge in [-0.15, -0.1) is 0 Å². The Labute approximate surface area is 89.6 Å². The summed E-state index contributed by atoms with van der Waals surface area (Å²) < 4.78 is 0. The number of carbonyl (C=O) groups excluding carboxylic acids is 2. The van der Waals surface area contributed by atoms with Crippen LogP contribution in [0.15, 0.2) is 0 Å². The third-order valence-corrected chi connectivity index (χ3v) is 1.69. The van der Waals surface area contributed by atoms with Gasteiger partial charge in [0.15, 0.2) is 0 Å². The smallest absolute Gasteiger partial charge is 0.316 e. The Hall–Kier alpha value is -0.910. The SMILES string of the molecule is CN(C)C(=O)NCCNC(=O)CCS. The zero-order chi connectivity index (χ0) is 11.0. The molecule has 3 amide bonds. The molecule has 14 heavy (non-hydrogen) atoms. The average Bonchev–Trinajstić information content (AvgIpc) is 2.12. The van der Waals surface area contributed by atoms with Crippen molar-refractivity contribution in [2.75, 3.05) is 32.9 Å². The molecule has 82 valence electrons. The number of nitrogens with zero attached hydrogens (tertiary/aromatic N) is 1. The second kappa shape index (κ2) is 7.49. The van der Waals surface area contributed by atoms with Gasteiger partial charge in [-0.2, -0.15) is 12.6 Å². The van der Waals surface area contributed by atoms with Gasteiger partial charge in [0.25, 0.3) is 0 Å². The van der Waals surface area contributed by atoms with Gasteiger partial charge < -0.3 is 15.5 Å². The van der Waals surface area contributed by atoms with Gasteiger partial charge in [0.2, 0.25) is 5.91 Å². The summed E-state index contributed by atoms with van der Waals surface area (Å²) in [4.78, 5) is 23.4. The molecular weight excluding hydrogens is 202 g/mol. The predicted octanol–water partition coefficient (Wildman–Crippen LogP) is -0.306. The van der Waals surface area contributed by atoms with Crippen molar-refractivity contribution in [3.8, 4) is 0 Å². The Morgan fingerprint density at radius 1 is 1.21 bits per heavy atom. The lowest BCUT2D eigenvalue weighted by molar-refractivity contribution is -0.120. The second-order valence-corrected chi connectivity index (χ2v) is 3.40. The molecule has 5 nitrogen and oxygen atoms in total.